The van der Waals surface area contributed by atoms with Gasteiger partial charge in [0.25, 0.3) is 0 Å². The van der Waals surface area contributed by atoms with Gasteiger partial charge in [-0.05, 0) is 25.5 Å². The summed E-state index contributed by atoms with van der Waals surface area (Å²) >= 11 is 0. The third kappa shape index (κ3) is 6.32. The highest BCUT2D eigenvalue weighted by molar-refractivity contribution is 5.75. The zero-order chi connectivity index (χ0) is 16.5. The van der Waals surface area contributed by atoms with Crippen LogP contribution in [0.3, 0.4) is 0 Å². The molecule has 0 aromatic heterocycles. The Balaban J connectivity index is 1.92. The summed E-state index contributed by atoms with van der Waals surface area (Å²) in [7, 11) is 2.18. The standard InChI is InChI=1S/C19H31N3O/c1-3-4-10-19(23)20-16-18(15-17-8-6-5-7-9-17)22-13-11-21(2)12-14-22/h5-9,18H,3-4,10-16H2,1-2H3,(H,20,23). The SMILES string of the molecule is CCCCC(=O)NCC(Cc1ccccc1)N1CCN(C)CC1. The predicted octanol–water partition coefficient (Wildman–Crippen LogP) is 2.15. The van der Waals surface area contributed by atoms with Gasteiger partial charge in [-0.15, -0.1) is 0 Å². The quantitative estimate of drug-likeness (QED) is 0.798. The van der Waals surface area contributed by atoms with E-state index < -0.39 is 0 Å². The van der Waals surface area contributed by atoms with Gasteiger partial charge in [0.15, 0.2) is 0 Å². The van der Waals surface area contributed by atoms with E-state index in [0.717, 1.165) is 52.0 Å². The van der Waals surface area contributed by atoms with E-state index in [4.69, 9.17) is 0 Å². The molecule has 1 aliphatic rings. The number of unbranched alkanes of at least 4 members (excludes halogenated alkanes) is 1. The molecule has 1 aromatic carbocycles. The lowest BCUT2D eigenvalue weighted by Gasteiger charge is -2.38. The van der Waals surface area contributed by atoms with Gasteiger partial charge in [-0.1, -0.05) is 43.7 Å². The minimum absolute atomic E-state index is 0.194. The zero-order valence-corrected chi connectivity index (χ0v) is 14.6. The minimum atomic E-state index is 0.194. The van der Waals surface area contributed by atoms with Crippen LogP contribution in [0.4, 0.5) is 0 Å². The molecule has 0 saturated carbocycles. The number of benzene rings is 1. The Kier molecular flexibility index (Phi) is 7.56. The normalized spacial score (nSPS) is 17.8. The molecule has 1 fully saturated rings. The Morgan fingerprint density at radius 3 is 2.52 bits per heavy atom. The number of carbonyl (C=O) groups excluding carboxylic acids is 1. The topological polar surface area (TPSA) is 35.6 Å². The number of nitrogens with one attached hydrogen (secondary N) is 1. The third-order valence-electron chi connectivity index (χ3n) is 4.66. The number of piperazine rings is 1. The molecule has 1 atom stereocenters. The van der Waals surface area contributed by atoms with E-state index >= 15 is 0 Å². The van der Waals surface area contributed by atoms with Gasteiger partial charge in [0, 0.05) is 45.2 Å². The molecular formula is C19H31N3O. The van der Waals surface area contributed by atoms with Crippen LogP contribution in [-0.4, -0.2) is 61.5 Å². The maximum absolute atomic E-state index is 12.0. The second-order valence-electron chi connectivity index (χ2n) is 6.59. The summed E-state index contributed by atoms with van der Waals surface area (Å²) in [4.78, 5) is 16.9. The Hall–Kier alpha value is -1.39. The van der Waals surface area contributed by atoms with Gasteiger partial charge >= 0.3 is 0 Å². The van der Waals surface area contributed by atoms with Crippen LogP contribution in [0.15, 0.2) is 30.3 Å². The summed E-state index contributed by atoms with van der Waals surface area (Å²) in [6.45, 7) is 7.25. The highest BCUT2D eigenvalue weighted by atomic mass is 16.1. The first-order valence-corrected chi connectivity index (χ1v) is 8.92. The monoisotopic (exact) mass is 317 g/mol. The van der Waals surface area contributed by atoms with E-state index in [0.29, 0.717) is 12.5 Å². The average molecular weight is 317 g/mol. The van der Waals surface area contributed by atoms with Gasteiger partial charge in [-0.25, -0.2) is 0 Å². The fourth-order valence-corrected chi connectivity index (χ4v) is 3.06. The fraction of sp³-hybridized carbons (Fsp3) is 0.632. The second-order valence-corrected chi connectivity index (χ2v) is 6.59. The molecule has 1 N–H and O–H groups in total. The lowest BCUT2D eigenvalue weighted by molar-refractivity contribution is -0.121. The fourth-order valence-electron chi connectivity index (χ4n) is 3.06. The van der Waals surface area contributed by atoms with Gasteiger partial charge in [0.2, 0.25) is 5.91 Å². The predicted molar refractivity (Wildman–Crippen MR) is 95.5 cm³/mol. The number of rotatable bonds is 8. The van der Waals surface area contributed by atoms with Crippen LogP contribution in [0, 0.1) is 0 Å². The summed E-state index contributed by atoms with van der Waals surface area (Å²) < 4.78 is 0. The van der Waals surface area contributed by atoms with Gasteiger partial charge in [0.1, 0.15) is 0 Å². The third-order valence-corrected chi connectivity index (χ3v) is 4.66. The first-order chi connectivity index (χ1) is 11.2. The molecule has 1 unspecified atom stereocenters. The summed E-state index contributed by atoms with van der Waals surface area (Å²) in [5.41, 5.74) is 1.35. The lowest BCUT2D eigenvalue weighted by Crippen LogP contribution is -2.53. The van der Waals surface area contributed by atoms with Crippen molar-refractivity contribution >= 4 is 5.91 Å². The van der Waals surface area contributed by atoms with E-state index in [1.165, 1.54) is 5.56 Å². The van der Waals surface area contributed by atoms with Crippen molar-refractivity contribution < 1.29 is 4.79 Å². The van der Waals surface area contributed by atoms with E-state index in [2.05, 4.69) is 59.4 Å². The molecule has 1 saturated heterocycles. The van der Waals surface area contributed by atoms with Crippen LogP contribution in [-0.2, 0) is 11.2 Å². The van der Waals surface area contributed by atoms with Crippen molar-refractivity contribution in [3.05, 3.63) is 35.9 Å². The Morgan fingerprint density at radius 2 is 1.87 bits per heavy atom. The number of nitrogens with zero attached hydrogens (tertiary/aromatic N) is 2. The largest absolute Gasteiger partial charge is 0.355 e. The Bertz CT molecular complexity index is 455. The number of hydrogen-bond donors (Lipinski definition) is 1. The van der Waals surface area contributed by atoms with Crippen LogP contribution < -0.4 is 5.32 Å². The van der Waals surface area contributed by atoms with Crippen molar-refractivity contribution in [3.8, 4) is 0 Å². The first-order valence-electron chi connectivity index (χ1n) is 8.92. The minimum Gasteiger partial charge on any atom is -0.355 e. The Morgan fingerprint density at radius 1 is 1.17 bits per heavy atom. The molecule has 128 valence electrons. The van der Waals surface area contributed by atoms with E-state index in [1.807, 2.05) is 0 Å². The zero-order valence-electron chi connectivity index (χ0n) is 14.6. The van der Waals surface area contributed by atoms with Crippen LogP contribution in [0.5, 0.6) is 0 Å². The van der Waals surface area contributed by atoms with E-state index in [9.17, 15) is 4.79 Å². The van der Waals surface area contributed by atoms with Crippen LogP contribution in [0.1, 0.15) is 31.7 Å². The summed E-state index contributed by atoms with van der Waals surface area (Å²) in [5.74, 6) is 0.194. The van der Waals surface area contributed by atoms with Crippen molar-refractivity contribution in [3.63, 3.8) is 0 Å². The molecule has 2 rings (SSSR count). The smallest absolute Gasteiger partial charge is 0.220 e. The van der Waals surface area contributed by atoms with Crippen molar-refractivity contribution in [2.24, 2.45) is 0 Å². The van der Waals surface area contributed by atoms with E-state index in [1.54, 1.807) is 0 Å². The van der Waals surface area contributed by atoms with Crippen LogP contribution in [0.2, 0.25) is 0 Å². The molecule has 1 heterocycles. The van der Waals surface area contributed by atoms with Gasteiger partial charge < -0.3 is 10.2 Å². The molecule has 0 radical (unpaired) electrons. The molecule has 1 aliphatic heterocycles. The first kappa shape index (κ1) is 18.0. The van der Waals surface area contributed by atoms with E-state index in [-0.39, 0.29) is 5.91 Å². The molecule has 0 aliphatic carbocycles. The maximum atomic E-state index is 12.0. The van der Waals surface area contributed by atoms with Crippen molar-refractivity contribution in [2.75, 3.05) is 39.8 Å². The average Bonchev–Trinajstić information content (AvgIpc) is 2.58. The number of carbonyl (C=O) groups is 1. The number of likely N-dealkylation sites (N-methyl/N-ethyl adjacent to an activating group) is 1. The van der Waals surface area contributed by atoms with Gasteiger partial charge in [0.05, 0.1) is 0 Å². The Labute approximate surface area is 140 Å². The van der Waals surface area contributed by atoms with Crippen molar-refractivity contribution in [1.29, 1.82) is 0 Å². The van der Waals surface area contributed by atoms with Crippen LogP contribution in [0.25, 0.3) is 0 Å². The molecule has 0 spiro atoms. The maximum Gasteiger partial charge on any atom is 0.220 e. The molecule has 4 heteroatoms. The molecule has 0 bridgehead atoms. The molecule has 4 nitrogen and oxygen atoms in total. The summed E-state index contributed by atoms with van der Waals surface area (Å²) in [6, 6.07) is 11.0. The number of hydrogen-bond acceptors (Lipinski definition) is 3. The molecule has 1 aromatic rings. The lowest BCUT2D eigenvalue weighted by atomic mass is 10.0. The molecule has 23 heavy (non-hydrogen) atoms. The second kappa shape index (κ2) is 9.68. The van der Waals surface area contributed by atoms with Crippen LogP contribution >= 0.6 is 0 Å². The van der Waals surface area contributed by atoms with Crippen molar-refractivity contribution in [2.45, 2.75) is 38.6 Å². The summed E-state index contributed by atoms with van der Waals surface area (Å²) in [5, 5.41) is 3.15. The molecular weight excluding hydrogens is 286 g/mol. The summed E-state index contributed by atoms with van der Waals surface area (Å²) in [6.07, 6.45) is 3.69. The highest BCUT2D eigenvalue weighted by Gasteiger charge is 2.23. The van der Waals surface area contributed by atoms with Gasteiger partial charge in [-0.2, -0.15) is 0 Å². The number of amides is 1. The molecule has 1 amide bonds. The van der Waals surface area contributed by atoms with Gasteiger partial charge in [-0.3, -0.25) is 9.69 Å². The highest BCUT2D eigenvalue weighted by Crippen LogP contribution is 2.11. The van der Waals surface area contributed by atoms with Crippen molar-refractivity contribution in [1.82, 2.24) is 15.1 Å².